The SMILES string of the molecule is Cc1ccc(C)c(-c2cnc(N)nc2N)c1. The van der Waals surface area contributed by atoms with E-state index in [1.54, 1.807) is 6.20 Å². The number of nitrogen functional groups attached to an aromatic ring is 2. The molecule has 0 radical (unpaired) electrons. The molecule has 16 heavy (non-hydrogen) atoms. The van der Waals surface area contributed by atoms with E-state index in [4.69, 9.17) is 11.5 Å². The van der Waals surface area contributed by atoms with Crippen molar-refractivity contribution in [1.29, 1.82) is 0 Å². The Hall–Kier alpha value is -2.10. The van der Waals surface area contributed by atoms with Crippen LogP contribution in [0.15, 0.2) is 24.4 Å². The van der Waals surface area contributed by atoms with E-state index in [1.165, 1.54) is 5.56 Å². The van der Waals surface area contributed by atoms with Crippen LogP contribution in [0.2, 0.25) is 0 Å². The summed E-state index contributed by atoms with van der Waals surface area (Å²) < 4.78 is 0. The number of rotatable bonds is 1. The van der Waals surface area contributed by atoms with Crippen molar-refractivity contribution < 1.29 is 0 Å². The second-order valence-corrected chi connectivity index (χ2v) is 3.85. The zero-order valence-corrected chi connectivity index (χ0v) is 9.36. The summed E-state index contributed by atoms with van der Waals surface area (Å²) in [7, 11) is 0. The first-order valence-electron chi connectivity index (χ1n) is 5.03. The van der Waals surface area contributed by atoms with Gasteiger partial charge in [0.2, 0.25) is 5.95 Å². The molecular formula is C12H14N4. The highest BCUT2D eigenvalue weighted by atomic mass is 15.0. The van der Waals surface area contributed by atoms with Gasteiger partial charge in [0.25, 0.3) is 0 Å². The van der Waals surface area contributed by atoms with Gasteiger partial charge in [-0.15, -0.1) is 0 Å². The van der Waals surface area contributed by atoms with E-state index >= 15 is 0 Å². The summed E-state index contributed by atoms with van der Waals surface area (Å²) in [5.41, 5.74) is 15.5. The highest BCUT2D eigenvalue weighted by Crippen LogP contribution is 2.27. The lowest BCUT2D eigenvalue weighted by Gasteiger charge is -2.09. The normalized spacial score (nSPS) is 10.4. The van der Waals surface area contributed by atoms with Gasteiger partial charge in [0, 0.05) is 11.8 Å². The standard InChI is InChI=1S/C12H14N4/c1-7-3-4-8(2)9(5-7)10-6-15-12(14)16-11(10)13/h3-6H,1-2H3,(H4,13,14,15,16). The molecule has 4 nitrogen and oxygen atoms in total. The smallest absolute Gasteiger partial charge is 0.221 e. The van der Waals surface area contributed by atoms with Crippen LogP contribution >= 0.6 is 0 Å². The van der Waals surface area contributed by atoms with E-state index in [0.717, 1.165) is 16.7 Å². The minimum atomic E-state index is 0.201. The molecule has 4 N–H and O–H groups in total. The van der Waals surface area contributed by atoms with Crippen LogP contribution in [-0.2, 0) is 0 Å². The molecule has 0 saturated carbocycles. The molecule has 0 atom stereocenters. The molecule has 4 heteroatoms. The molecule has 1 aromatic heterocycles. The van der Waals surface area contributed by atoms with Crippen LogP contribution in [0.4, 0.5) is 11.8 Å². The number of nitrogens with two attached hydrogens (primary N) is 2. The lowest BCUT2D eigenvalue weighted by Crippen LogP contribution is -2.01. The minimum Gasteiger partial charge on any atom is -0.383 e. The van der Waals surface area contributed by atoms with Gasteiger partial charge in [0.15, 0.2) is 0 Å². The third-order valence-electron chi connectivity index (χ3n) is 2.52. The molecule has 0 amide bonds. The summed E-state index contributed by atoms with van der Waals surface area (Å²) in [5.74, 6) is 0.618. The van der Waals surface area contributed by atoms with E-state index < -0.39 is 0 Å². The number of benzene rings is 1. The largest absolute Gasteiger partial charge is 0.383 e. The monoisotopic (exact) mass is 214 g/mol. The topological polar surface area (TPSA) is 77.8 Å². The number of aromatic nitrogens is 2. The molecule has 0 spiro atoms. The Morgan fingerprint density at radius 3 is 2.50 bits per heavy atom. The summed E-state index contributed by atoms with van der Waals surface area (Å²) >= 11 is 0. The Kier molecular flexibility index (Phi) is 2.48. The quantitative estimate of drug-likeness (QED) is 0.760. The Morgan fingerprint density at radius 2 is 1.81 bits per heavy atom. The average molecular weight is 214 g/mol. The molecule has 0 aliphatic rings. The zero-order chi connectivity index (χ0) is 11.7. The molecule has 1 aromatic carbocycles. The van der Waals surface area contributed by atoms with E-state index in [0.29, 0.717) is 5.82 Å². The van der Waals surface area contributed by atoms with Crippen LogP contribution in [0.5, 0.6) is 0 Å². The molecule has 2 rings (SSSR count). The summed E-state index contributed by atoms with van der Waals surface area (Å²) in [6.07, 6.45) is 1.67. The third-order valence-corrected chi connectivity index (χ3v) is 2.52. The second-order valence-electron chi connectivity index (χ2n) is 3.85. The summed E-state index contributed by atoms with van der Waals surface area (Å²) in [4.78, 5) is 7.94. The number of aryl methyl sites for hydroxylation is 2. The first-order valence-corrected chi connectivity index (χ1v) is 5.03. The Bertz CT molecular complexity index is 535. The van der Waals surface area contributed by atoms with Crippen molar-refractivity contribution in [1.82, 2.24) is 9.97 Å². The van der Waals surface area contributed by atoms with E-state index in [9.17, 15) is 0 Å². The van der Waals surface area contributed by atoms with Gasteiger partial charge in [-0.1, -0.05) is 23.8 Å². The molecule has 0 unspecified atom stereocenters. The van der Waals surface area contributed by atoms with Crippen molar-refractivity contribution >= 4 is 11.8 Å². The lowest BCUT2D eigenvalue weighted by molar-refractivity contribution is 1.19. The van der Waals surface area contributed by atoms with Gasteiger partial charge < -0.3 is 11.5 Å². The highest BCUT2D eigenvalue weighted by molar-refractivity contribution is 5.76. The Balaban J connectivity index is 2.62. The number of hydrogen-bond donors (Lipinski definition) is 2. The first kappa shape index (κ1) is 10.4. The van der Waals surface area contributed by atoms with Crippen molar-refractivity contribution in [2.45, 2.75) is 13.8 Å². The summed E-state index contributed by atoms with van der Waals surface area (Å²) in [5, 5.41) is 0. The van der Waals surface area contributed by atoms with Gasteiger partial charge in [-0.05, 0) is 25.0 Å². The maximum atomic E-state index is 5.84. The number of anilines is 2. The molecular weight excluding hydrogens is 200 g/mol. The predicted octanol–water partition coefficient (Wildman–Crippen LogP) is 1.92. The van der Waals surface area contributed by atoms with Gasteiger partial charge >= 0.3 is 0 Å². The Morgan fingerprint density at radius 1 is 1.06 bits per heavy atom. The van der Waals surface area contributed by atoms with Crippen molar-refractivity contribution in [2.24, 2.45) is 0 Å². The fourth-order valence-corrected chi connectivity index (χ4v) is 1.64. The lowest BCUT2D eigenvalue weighted by atomic mass is 10.00. The minimum absolute atomic E-state index is 0.201. The molecule has 0 fully saturated rings. The summed E-state index contributed by atoms with van der Waals surface area (Å²) in [6.45, 7) is 4.07. The molecule has 0 saturated heterocycles. The van der Waals surface area contributed by atoms with Crippen LogP contribution in [0.3, 0.4) is 0 Å². The fraction of sp³-hybridized carbons (Fsp3) is 0.167. The van der Waals surface area contributed by atoms with Crippen LogP contribution in [0.1, 0.15) is 11.1 Å². The Labute approximate surface area is 94.3 Å². The second kappa shape index (κ2) is 3.81. The maximum Gasteiger partial charge on any atom is 0.221 e. The third kappa shape index (κ3) is 1.82. The zero-order valence-electron chi connectivity index (χ0n) is 9.36. The van der Waals surface area contributed by atoms with Crippen LogP contribution in [0.25, 0.3) is 11.1 Å². The molecule has 0 aliphatic carbocycles. The van der Waals surface area contributed by atoms with E-state index in [-0.39, 0.29) is 5.95 Å². The van der Waals surface area contributed by atoms with Crippen molar-refractivity contribution in [3.8, 4) is 11.1 Å². The van der Waals surface area contributed by atoms with Gasteiger partial charge in [0.05, 0.1) is 0 Å². The fourth-order valence-electron chi connectivity index (χ4n) is 1.64. The van der Waals surface area contributed by atoms with Crippen LogP contribution in [0, 0.1) is 13.8 Å². The van der Waals surface area contributed by atoms with Gasteiger partial charge in [0.1, 0.15) is 5.82 Å². The van der Waals surface area contributed by atoms with Crippen molar-refractivity contribution in [3.05, 3.63) is 35.5 Å². The molecule has 1 heterocycles. The van der Waals surface area contributed by atoms with E-state index in [2.05, 4.69) is 28.2 Å². The van der Waals surface area contributed by atoms with Crippen LogP contribution in [-0.4, -0.2) is 9.97 Å². The number of nitrogens with zero attached hydrogens (tertiary/aromatic N) is 2. The molecule has 2 aromatic rings. The van der Waals surface area contributed by atoms with Gasteiger partial charge in [-0.2, -0.15) is 4.98 Å². The van der Waals surface area contributed by atoms with Crippen molar-refractivity contribution in [2.75, 3.05) is 11.5 Å². The maximum absolute atomic E-state index is 5.84. The highest BCUT2D eigenvalue weighted by Gasteiger charge is 2.08. The summed E-state index contributed by atoms with van der Waals surface area (Å²) in [6, 6.07) is 6.19. The average Bonchev–Trinajstić information content (AvgIpc) is 2.22. The van der Waals surface area contributed by atoms with Gasteiger partial charge in [-0.25, -0.2) is 4.98 Å². The predicted molar refractivity (Wildman–Crippen MR) is 65.8 cm³/mol. The van der Waals surface area contributed by atoms with E-state index in [1.807, 2.05) is 13.8 Å². The van der Waals surface area contributed by atoms with Crippen molar-refractivity contribution in [3.63, 3.8) is 0 Å². The molecule has 0 aliphatic heterocycles. The van der Waals surface area contributed by atoms with Gasteiger partial charge in [-0.3, -0.25) is 0 Å². The number of hydrogen-bond acceptors (Lipinski definition) is 4. The molecule has 82 valence electrons. The van der Waals surface area contributed by atoms with Crippen LogP contribution < -0.4 is 11.5 Å². The first-order chi connectivity index (χ1) is 7.58. The molecule has 0 bridgehead atoms.